The van der Waals surface area contributed by atoms with Crippen molar-refractivity contribution < 1.29 is 0 Å². The zero-order valence-electron chi connectivity index (χ0n) is 8.84. The highest BCUT2D eigenvalue weighted by molar-refractivity contribution is 7.80. The molecule has 0 saturated carbocycles. The van der Waals surface area contributed by atoms with Crippen molar-refractivity contribution in [2.45, 2.75) is 0 Å². The van der Waals surface area contributed by atoms with Gasteiger partial charge >= 0.3 is 0 Å². The lowest BCUT2D eigenvalue weighted by Gasteiger charge is -1.98. The van der Waals surface area contributed by atoms with Crippen LogP contribution in [0.1, 0.15) is 5.69 Å². The first kappa shape index (κ1) is 10.6. The smallest absolute Gasteiger partial charge is 0.184 e. The van der Waals surface area contributed by atoms with Crippen LogP contribution in [0.5, 0.6) is 0 Å². The summed E-state index contributed by atoms with van der Waals surface area (Å²) in [7, 11) is 1.99. The van der Waals surface area contributed by atoms with Crippen LogP contribution < -0.4 is 11.2 Å². The molecule has 0 fully saturated rings. The third kappa shape index (κ3) is 2.04. The molecule has 0 aliphatic rings. The van der Waals surface area contributed by atoms with E-state index in [-0.39, 0.29) is 5.11 Å². The Morgan fingerprint density at radius 3 is 2.94 bits per heavy atom. The number of nitrogens with zero attached hydrogens (tertiary/aromatic N) is 2. The van der Waals surface area contributed by atoms with Gasteiger partial charge in [0.15, 0.2) is 5.11 Å². The van der Waals surface area contributed by atoms with Crippen LogP contribution in [0.3, 0.4) is 0 Å². The summed E-state index contributed by atoms with van der Waals surface area (Å²) in [6.45, 7) is 0. The maximum absolute atomic E-state index is 5.27. The zero-order chi connectivity index (χ0) is 11.5. The first-order valence-corrected chi connectivity index (χ1v) is 5.22. The zero-order valence-corrected chi connectivity index (χ0v) is 9.66. The normalized spacial score (nSPS) is 11.1. The van der Waals surface area contributed by atoms with E-state index in [1.165, 1.54) is 10.9 Å². The van der Waals surface area contributed by atoms with Gasteiger partial charge in [-0.15, -0.1) is 0 Å². The van der Waals surface area contributed by atoms with Crippen LogP contribution in [0, 0.1) is 0 Å². The number of aryl methyl sites for hydroxylation is 1. The fourth-order valence-electron chi connectivity index (χ4n) is 1.60. The molecule has 4 nitrogen and oxygen atoms in total. The summed E-state index contributed by atoms with van der Waals surface area (Å²) in [6.07, 6.45) is 1.69. The number of hydrogen-bond acceptors (Lipinski definition) is 2. The number of thiocarbonyl (C=S) groups is 1. The summed E-state index contributed by atoms with van der Waals surface area (Å²) < 4.78 is 2.06. The van der Waals surface area contributed by atoms with Crippen molar-refractivity contribution in [3.05, 3.63) is 36.0 Å². The van der Waals surface area contributed by atoms with E-state index in [4.69, 9.17) is 5.73 Å². The summed E-state index contributed by atoms with van der Waals surface area (Å²) in [5, 5.41) is 5.28. The number of nitrogens with one attached hydrogen (secondary N) is 1. The van der Waals surface area contributed by atoms with Crippen LogP contribution in [-0.4, -0.2) is 15.9 Å². The molecule has 0 unspecified atom stereocenters. The maximum Gasteiger partial charge on any atom is 0.184 e. The maximum atomic E-state index is 5.27. The van der Waals surface area contributed by atoms with E-state index >= 15 is 0 Å². The van der Waals surface area contributed by atoms with E-state index in [2.05, 4.69) is 45.5 Å². The van der Waals surface area contributed by atoms with Crippen molar-refractivity contribution in [3.63, 3.8) is 0 Å². The van der Waals surface area contributed by atoms with Crippen LogP contribution in [-0.2, 0) is 7.05 Å². The second kappa shape index (κ2) is 4.32. The topological polar surface area (TPSA) is 55.3 Å². The van der Waals surface area contributed by atoms with Crippen molar-refractivity contribution in [2.75, 3.05) is 0 Å². The first-order chi connectivity index (χ1) is 7.68. The molecule has 0 radical (unpaired) electrons. The molecule has 0 spiro atoms. The van der Waals surface area contributed by atoms with Gasteiger partial charge < -0.3 is 10.3 Å². The van der Waals surface area contributed by atoms with Crippen LogP contribution >= 0.6 is 12.2 Å². The van der Waals surface area contributed by atoms with Gasteiger partial charge in [-0.2, -0.15) is 5.10 Å². The molecule has 16 heavy (non-hydrogen) atoms. The molecule has 0 atom stereocenters. The van der Waals surface area contributed by atoms with Crippen LogP contribution in [0.25, 0.3) is 10.9 Å². The van der Waals surface area contributed by atoms with E-state index in [1.54, 1.807) is 6.21 Å². The Bertz CT molecular complexity index is 556. The van der Waals surface area contributed by atoms with Crippen molar-refractivity contribution in [3.8, 4) is 0 Å². The minimum Gasteiger partial charge on any atom is -0.375 e. The number of benzene rings is 1. The molecule has 1 heterocycles. The lowest BCUT2D eigenvalue weighted by molar-refractivity contribution is 0.950. The van der Waals surface area contributed by atoms with E-state index in [0.29, 0.717) is 0 Å². The molecule has 0 aliphatic carbocycles. The number of para-hydroxylation sites is 1. The van der Waals surface area contributed by atoms with Crippen molar-refractivity contribution >= 4 is 34.4 Å². The predicted molar refractivity (Wildman–Crippen MR) is 70.4 cm³/mol. The number of rotatable bonds is 2. The third-order valence-electron chi connectivity index (χ3n) is 2.36. The minimum atomic E-state index is 0.162. The standard InChI is InChI=1S/C11H12N4S/c1-15-9(7-13-14-11(12)16)6-8-4-2-3-5-10(8)15/h2-7H,1H3,(H3,12,14,16)/b13-7-. The molecule has 3 N–H and O–H groups in total. The average Bonchev–Trinajstić information content (AvgIpc) is 2.56. The fraction of sp³-hybridized carbons (Fsp3) is 0.0909. The Labute approximate surface area is 98.7 Å². The lowest BCUT2D eigenvalue weighted by Crippen LogP contribution is -2.24. The summed E-state index contributed by atoms with van der Waals surface area (Å²) >= 11 is 4.65. The fourth-order valence-corrected chi connectivity index (χ4v) is 1.65. The minimum absolute atomic E-state index is 0.162. The summed E-state index contributed by atoms with van der Waals surface area (Å²) in [4.78, 5) is 0. The molecule has 2 rings (SSSR count). The molecular weight excluding hydrogens is 220 g/mol. The van der Waals surface area contributed by atoms with Gasteiger partial charge in [-0.3, -0.25) is 5.43 Å². The molecular formula is C11H12N4S. The summed E-state index contributed by atoms with van der Waals surface area (Å²) in [6, 6.07) is 10.2. The number of fused-ring (bicyclic) bond motifs is 1. The molecule has 0 aliphatic heterocycles. The Morgan fingerprint density at radius 2 is 2.25 bits per heavy atom. The van der Waals surface area contributed by atoms with E-state index < -0.39 is 0 Å². The van der Waals surface area contributed by atoms with Gasteiger partial charge in [-0.25, -0.2) is 0 Å². The van der Waals surface area contributed by atoms with Crippen molar-refractivity contribution in [1.82, 2.24) is 9.99 Å². The molecule has 5 heteroatoms. The Hall–Kier alpha value is -1.88. The molecule has 82 valence electrons. The first-order valence-electron chi connectivity index (χ1n) is 4.81. The number of nitrogens with two attached hydrogens (primary N) is 1. The van der Waals surface area contributed by atoms with Crippen LogP contribution in [0.4, 0.5) is 0 Å². The second-order valence-corrected chi connectivity index (χ2v) is 3.86. The molecule has 1 aromatic heterocycles. The number of hydrazone groups is 1. The highest BCUT2D eigenvalue weighted by atomic mass is 32.1. The lowest BCUT2D eigenvalue weighted by atomic mass is 10.2. The van der Waals surface area contributed by atoms with E-state index in [1.807, 2.05) is 19.2 Å². The predicted octanol–water partition coefficient (Wildman–Crippen LogP) is 1.35. The molecule has 0 amide bonds. The van der Waals surface area contributed by atoms with Crippen molar-refractivity contribution in [1.29, 1.82) is 0 Å². The summed E-state index contributed by atoms with van der Waals surface area (Å²) in [5.74, 6) is 0. The van der Waals surface area contributed by atoms with E-state index in [9.17, 15) is 0 Å². The van der Waals surface area contributed by atoms with Crippen molar-refractivity contribution in [2.24, 2.45) is 17.9 Å². The van der Waals surface area contributed by atoms with Crippen LogP contribution in [0.15, 0.2) is 35.4 Å². The third-order valence-corrected chi connectivity index (χ3v) is 2.45. The molecule has 0 saturated heterocycles. The quantitative estimate of drug-likeness (QED) is 0.467. The SMILES string of the molecule is Cn1c(/C=N\NC(N)=S)cc2ccccc21. The molecule has 2 aromatic rings. The second-order valence-electron chi connectivity index (χ2n) is 3.42. The van der Waals surface area contributed by atoms with Gasteiger partial charge in [0.2, 0.25) is 0 Å². The van der Waals surface area contributed by atoms with Gasteiger partial charge in [-0.05, 0) is 24.4 Å². The Balaban J connectivity index is 2.34. The Kier molecular flexibility index (Phi) is 2.87. The largest absolute Gasteiger partial charge is 0.375 e. The highest BCUT2D eigenvalue weighted by Gasteiger charge is 2.01. The van der Waals surface area contributed by atoms with Gasteiger partial charge in [0.1, 0.15) is 0 Å². The van der Waals surface area contributed by atoms with Gasteiger partial charge in [0, 0.05) is 18.0 Å². The van der Waals surface area contributed by atoms with Crippen LogP contribution in [0.2, 0.25) is 0 Å². The highest BCUT2D eigenvalue weighted by Crippen LogP contribution is 2.16. The molecule has 1 aromatic carbocycles. The average molecular weight is 232 g/mol. The number of aromatic nitrogens is 1. The van der Waals surface area contributed by atoms with Gasteiger partial charge in [0.25, 0.3) is 0 Å². The number of hydrogen-bond donors (Lipinski definition) is 2. The van der Waals surface area contributed by atoms with Gasteiger partial charge in [-0.1, -0.05) is 18.2 Å². The van der Waals surface area contributed by atoms with Gasteiger partial charge in [0.05, 0.1) is 11.9 Å². The Morgan fingerprint density at radius 1 is 1.50 bits per heavy atom. The van der Waals surface area contributed by atoms with E-state index in [0.717, 1.165) is 5.69 Å². The molecule has 0 bridgehead atoms. The monoisotopic (exact) mass is 232 g/mol. The summed E-state index contributed by atoms with van der Waals surface area (Å²) in [5.41, 5.74) is 9.96.